The lowest BCUT2D eigenvalue weighted by Gasteiger charge is -2.35. The van der Waals surface area contributed by atoms with E-state index in [0.717, 1.165) is 75.1 Å². The number of guanidine groups is 1. The van der Waals surface area contributed by atoms with E-state index in [4.69, 9.17) is 9.47 Å². The quantitative estimate of drug-likeness (QED) is 0.169. The summed E-state index contributed by atoms with van der Waals surface area (Å²) >= 11 is 1.75. The molecular weight excluding hydrogens is 516 g/mol. The first-order valence-corrected chi connectivity index (χ1v) is 11.8. The Balaban J connectivity index is 0.00000320. The predicted octanol–water partition coefficient (Wildman–Crippen LogP) is 4.55. The SMILES string of the molecule is CN=C(NCCCSc1ccc(F)cc1)N1CCC(OCC2CCCCO2)CC1.I. The van der Waals surface area contributed by atoms with E-state index in [2.05, 4.69) is 15.2 Å². The third-order valence-electron chi connectivity index (χ3n) is 5.43. The number of ether oxygens (including phenoxy) is 2. The van der Waals surface area contributed by atoms with Crippen molar-refractivity contribution in [1.82, 2.24) is 10.2 Å². The standard InChI is InChI=1S/C22H34FN3O2S.HI/c1-24-22(25-12-4-16-29-21-8-6-18(23)7-9-21)26-13-10-19(11-14-26)28-17-20-5-2-3-15-27-20;/h6-9,19-20H,2-5,10-17H2,1H3,(H,24,25);1H. The molecule has 0 radical (unpaired) electrons. The Kier molecular flexibility index (Phi) is 12.4. The van der Waals surface area contributed by atoms with E-state index in [0.29, 0.717) is 12.2 Å². The molecule has 5 nitrogen and oxygen atoms in total. The van der Waals surface area contributed by atoms with Crippen LogP contribution in [-0.2, 0) is 9.47 Å². The van der Waals surface area contributed by atoms with Crippen molar-refractivity contribution < 1.29 is 13.9 Å². The van der Waals surface area contributed by atoms with Crippen LogP contribution in [0.2, 0.25) is 0 Å². The van der Waals surface area contributed by atoms with Gasteiger partial charge < -0.3 is 19.7 Å². The lowest BCUT2D eigenvalue weighted by Crippen LogP contribution is -2.47. The normalized spacial score (nSPS) is 20.7. The van der Waals surface area contributed by atoms with Gasteiger partial charge in [0, 0.05) is 38.2 Å². The smallest absolute Gasteiger partial charge is 0.193 e. The van der Waals surface area contributed by atoms with Gasteiger partial charge in [0.2, 0.25) is 0 Å². The van der Waals surface area contributed by atoms with E-state index in [1.165, 1.54) is 25.0 Å². The Morgan fingerprint density at radius 3 is 2.67 bits per heavy atom. The number of nitrogens with one attached hydrogen (secondary N) is 1. The molecular formula is C22H35FIN3O2S. The van der Waals surface area contributed by atoms with Crippen LogP contribution in [0, 0.1) is 5.82 Å². The highest BCUT2D eigenvalue weighted by molar-refractivity contribution is 14.0. The fraction of sp³-hybridized carbons (Fsp3) is 0.682. The van der Waals surface area contributed by atoms with Crippen LogP contribution in [0.15, 0.2) is 34.2 Å². The van der Waals surface area contributed by atoms with Gasteiger partial charge in [-0.1, -0.05) is 0 Å². The minimum absolute atomic E-state index is 0. The summed E-state index contributed by atoms with van der Waals surface area (Å²) in [7, 11) is 1.85. The molecule has 2 aliphatic heterocycles. The second-order valence-electron chi connectivity index (χ2n) is 7.64. The molecule has 1 aromatic carbocycles. The Labute approximate surface area is 201 Å². The maximum Gasteiger partial charge on any atom is 0.193 e. The van der Waals surface area contributed by atoms with Crippen LogP contribution in [0.4, 0.5) is 4.39 Å². The molecule has 1 atom stereocenters. The fourth-order valence-corrected chi connectivity index (χ4v) is 4.59. The molecule has 0 aliphatic carbocycles. The van der Waals surface area contributed by atoms with Gasteiger partial charge in [-0.2, -0.15) is 0 Å². The third-order valence-corrected chi connectivity index (χ3v) is 6.53. The number of rotatable bonds is 8. The first-order valence-electron chi connectivity index (χ1n) is 10.8. The second-order valence-corrected chi connectivity index (χ2v) is 8.81. The molecule has 30 heavy (non-hydrogen) atoms. The highest BCUT2D eigenvalue weighted by Gasteiger charge is 2.23. The molecule has 1 aromatic rings. The molecule has 0 spiro atoms. The largest absolute Gasteiger partial charge is 0.376 e. The van der Waals surface area contributed by atoms with Crippen LogP contribution in [-0.4, -0.2) is 68.7 Å². The summed E-state index contributed by atoms with van der Waals surface area (Å²) in [6.45, 7) is 4.46. The van der Waals surface area contributed by atoms with Crippen molar-refractivity contribution >= 4 is 41.7 Å². The van der Waals surface area contributed by atoms with E-state index < -0.39 is 0 Å². The van der Waals surface area contributed by atoms with E-state index >= 15 is 0 Å². The average molecular weight is 552 g/mol. The molecule has 8 heteroatoms. The Bertz CT molecular complexity index is 621. The average Bonchev–Trinajstić information content (AvgIpc) is 2.77. The molecule has 0 amide bonds. The van der Waals surface area contributed by atoms with Gasteiger partial charge >= 0.3 is 0 Å². The number of halogens is 2. The maximum atomic E-state index is 12.9. The summed E-state index contributed by atoms with van der Waals surface area (Å²) in [6.07, 6.45) is 7.31. The highest BCUT2D eigenvalue weighted by atomic mass is 127. The zero-order valence-electron chi connectivity index (χ0n) is 17.9. The molecule has 2 aliphatic rings. The molecule has 3 rings (SSSR count). The summed E-state index contributed by atoms with van der Waals surface area (Å²) in [6, 6.07) is 6.69. The molecule has 0 bridgehead atoms. The third kappa shape index (κ3) is 8.88. The van der Waals surface area contributed by atoms with Crippen LogP contribution in [0.1, 0.15) is 38.5 Å². The number of hydrogen-bond acceptors (Lipinski definition) is 4. The monoisotopic (exact) mass is 551 g/mol. The summed E-state index contributed by atoms with van der Waals surface area (Å²) in [5.41, 5.74) is 0. The van der Waals surface area contributed by atoms with Gasteiger partial charge in [0.1, 0.15) is 5.82 Å². The lowest BCUT2D eigenvalue weighted by molar-refractivity contribution is -0.0721. The lowest BCUT2D eigenvalue weighted by atomic mass is 10.1. The second kappa shape index (κ2) is 14.5. The molecule has 0 aromatic heterocycles. The molecule has 2 fully saturated rings. The number of thioether (sulfide) groups is 1. The van der Waals surface area contributed by atoms with Gasteiger partial charge in [0.05, 0.1) is 18.8 Å². The van der Waals surface area contributed by atoms with Crippen LogP contribution in [0.5, 0.6) is 0 Å². The Morgan fingerprint density at radius 1 is 1.23 bits per heavy atom. The molecule has 0 saturated carbocycles. The van der Waals surface area contributed by atoms with Gasteiger partial charge in [-0.05, 0) is 68.5 Å². The first-order chi connectivity index (χ1) is 14.2. The van der Waals surface area contributed by atoms with Gasteiger partial charge in [0.25, 0.3) is 0 Å². The highest BCUT2D eigenvalue weighted by Crippen LogP contribution is 2.19. The van der Waals surface area contributed by atoms with Crippen molar-refractivity contribution in [3.63, 3.8) is 0 Å². The van der Waals surface area contributed by atoms with Crippen molar-refractivity contribution in [1.29, 1.82) is 0 Å². The first kappa shape index (κ1) is 25.7. The van der Waals surface area contributed by atoms with Crippen LogP contribution >= 0.6 is 35.7 Å². The van der Waals surface area contributed by atoms with Gasteiger partial charge in [-0.15, -0.1) is 35.7 Å². The molecule has 170 valence electrons. The summed E-state index contributed by atoms with van der Waals surface area (Å²) in [5, 5.41) is 3.47. The number of likely N-dealkylation sites (tertiary alicyclic amines) is 1. The van der Waals surface area contributed by atoms with Crippen molar-refractivity contribution in [3.05, 3.63) is 30.1 Å². The van der Waals surface area contributed by atoms with Crippen LogP contribution in [0.25, 0.3) is 0 Å². The van der Waals surface area contributed by atoms with Crippen LogP contribution < -0.4 is 5.32 Å². The Morgan fingerprint density at radius 2 is 2.00 bits per heavy atom. The molecule has 1 unspecified atom stereocenters. The Hall–Kier alpha value is -0.580. The fourth-order valence-electron chi connectivity index (χ4n) is 3.74. The summed E-state index contributed by atoms with van der Waals surface area (Å²) in [5.74, 6) is 1.79. The molecule has 2 heterocycles. The zero-order valence-corrected chi connectivity index (χ0v) is 21.0. The van der Waals surface area contributed by atoms with Crippen molar-refractivity contribution in [2.75, 3.05) is 45.6 Å². The minimum Gasteiger partial charge on any atom is -0.376 e. The van der Waals surface area contributed by atoms with Crippen molar-refractivity contribution in [3.8, 4) is 0 Å². The number of piperidine rings is 1. The minimum atomic E-state index is -0.184. The maximum absolute atomic E-state index is 12.9. The summed E-state index contributed by atoms with van der Waals surface area (Å²) in [4.78, 5) is 7.88. The number of aliphatic imine (C=N–C) groups is 1. The number of hydrogen-bond donors (Lipinski definition) is 1. The molecule has 1 N–H and O–H groups in total. The van der Waals surface area contributed by atoms with Crippen molar-refractivity contribution in [2.24, 2.45) is 4.99 Å². The zero-order chi connectivity index (χ0) is 20.3. The van der Waals surface area contributed by atoms with Gasteiger partial charge in [-0.3, -0.25) is 4.99 Å². The van der Waals surface area contributed by atoms with Crippen molar-refractivity contribution in [2.45, 2.75) is 55.6 Å². The van der Waals surface area contributed by atoms with E-state index in [-0.39, 0.29) is 29.8 Å². The van der Waals surface area contributed by atoms with Gasteiger partial charge in [-0.25, -0.2) is 4.39 Å². The van der Waals surface area contributed by atoms with E-state index in [1.54, 1.807) is 11.8 Å². The predicted molar refractivity (Wildman–Crippen MR) is 133 cm³/mol. The topological polar surface area (TPSA) is 46.1 Å². The summed E-state index contributed by atoms with van der Waals surface area (Å²) < 4.78 is 24.8. The van der Waals surface area contributed by atoms with Crippen LogP contribution in [0.3, 0.4) is 0 Å². The van der Waals surface area contributed by atoms with Gasteiger partial charge in [0.15, 0.2) is 5.96 Å². The molecule has 2 saturated heterocycles. The number of nitrogens with zero attached hydrogens (tertiary/aromatic N) is 2. The van der Waals surface area contributed by atoms with E-state index in [1.807, 2.05) is 19.2 Å². The van der Waals surface area contributed by atoms with E-state index in [9.17, 15) is 4.39 Å². The number of benzene rings is 1.